The number of hydrogen-bond acceptors (Lipinski definition) is 4. The number of nitro groups is 1. The van der Waals surface area contributed by atoms with Crippen molar-refractivity contribution in [1.29, 1.82) is 0 Å². The highest BCUT2D eigenvalue weighted by Crippen LogP contribution is 2.24. The maximum atomic E-state index is 12.7. The summed E-state index contributed by atoms with van der Waals surface area (Å²) < 4.78 is 1.72. The number of rotatable bonds is 6. The van der Waals surface area contributed by atoms with E-state index in [0.29, 0.717) is 10.6 Å². The second kappa shape index (κ2) is 8.22. The minimum absolute atomic E-state index is 0.0139. The van der Waals surface area contributed by atoms with E-state index >= 15 is 0 Å². The number of nitrogens with zero attached hydrogens (tertiary/aromatic N) is 3. The third-order valence-corrected chi connectivity index (χ3v) is 4.49. The molecule has 3 rings (SSSR count). The number of carbonyl (C=O) groups is 1. The first-order chi connectivity index (χ1) is 13.4. The first-order valence-corrected chi connectivity index (χ1v) is 9.10. The lowest BCUT2D eigenvalue weighted by molar-refractivity contribution is -0.384. The summed E-state index contributed by atoms with van der Waals surface area (Å²) in [6.45, 7) is 4.24. The topological polar surface area (TPSA) is 90.1 Å². The molecule has 1 amide bonds. The molecular formula is C20H19ClN4O3. The van der Waals surface area contributed by atoms with Gasteiger partial charge in [-0.05, 0) is 29.7 Å². The van der Waals surface area contributed by atoms with Crippen LogP contribution in [0.3, 0.4) is 0 Å². The fraction of sp³-hybridized carbons (Fsp3) is 0.200. The largest absolute Gasteiger partial charge is 0.348 e. The Morgan fingerprint density at radius 3 is 2.57 bits per heavy atom. The van der Waals surface area contributed by atoms with Gasteiger partial charge in [0.05, 0.1) is 28.1 Å². The summed E-state index contributed by atoms with van der Waals surface area (Å²) in [5.41, 5.74) is 2.83. The summed E-state index contributed by atoms with van der Waals surface area (Å²) in [7, 11) is 0. The molecule has 1 aromatic heterocycles. The second-order valence-electron chi connectivity index (χ2n) is 6.60. The standard InChI is InChI=1S/C20H19ClN4O3/c1-13(2)19-18(12-23-24(19)17-5-3-4-15(21)10-17)20(26)22-11-14-6-8-16(9-7-14)25(27)28/h3-10,12-13H,11H2,1-2H3,(H,22,26). The molecule has 3 aromatic rings. The highest BCUT2D eigenvalue weighted by molar-refractivity contribution is 6.30. The SMILES string of the molecule is CC(C)c1c(C(=O)NCc2ccc([N+](=O)[O-])cc2)cnn1-c1cccc(Cl)c1. The lowest BCUT2D eigenvalue weighted by Gasteiger charge is -2.13. The third-order valence-electron chi connectivity index (χ3n) is 4.25. The highest BCUT2D eigenvalue weighted by atomic mass is 35.5. The number of nitro benzene ring substituents is 1. The van der Waals surface area contributed by atoms with E-state index in [9.17, 15) is 14.9 Å². The molecule has 0 saturated heterocycles. The number of carbonyl (C=O) groups excluding carboxylic acids is 1. The van der Waals surface area contributed by atoms with Crippen LogP contribution in [-0.2, 0) is 6.54 Å². The van der Waals surface area contributed by atoms with Crippen molar-refractivity contribution in [1.82, 2.24) is 15.1 Å². The molecular weight excluding hydrogens is 380 g/mol. The molecule has 0 saturated carbocycles. The normalized spacial score (nSPS) is 10.9. The van der Waals surface area contributed by atoms with Crippen LogP contribution in [0.1, 0.15) is 41.4 Å². The summed E-state index contributed by atoms with van der Waals surface area (Å²) in [6.07, 6.45) is 1.54. The maximum Gasteiger partial charge on any atom is 0.269 e. The van der Waals surface area contributed by atoms with E-state index in [1.54, 1.807) is 35.1 Å². The lowest BCUT2D eigenvalue weighted by atomic mass is 10.0. The molecule has 7 nitrogen and oxygen atoms in total. The van der Waals surface area contributed by atoms with Crippen molar-refractivity contribution in [2.45, 2.75) is 26.3 Å². The molecule has 0 spiro atoms. The molecule has 0 radical (unpaired) electrons. The van der Waals surface area contributed by atoms with Crippen LogP contribution in [0, 0.1) is 10.1 Å². The van der Waals surface area contributed by atoms with Crippen LogP contribution in [0.5, 0.6) is 0 Å². The number of aromatic nitrogens is 2. The van der Waals surface area contributed by atoms with Gasteiger partial charge in [0.2, 0.25) is 0 Å². The molecule has 144 valence electrons. The molecule has 28 heavy (non-hydrogen) atoms. The van der Waals surface area contributed by atoms with Gasteiger partial charge in [-0.1, -0.05) is 43.6 Å². The summed E-state index contributed by atoms with van der Waals surface area (Å²) in [5.74, 6) is -0.197. The Hall–Kier alpha value is -3.19. The van der Waals surface area contributed by atoms with Crippen molar-refractivity contribution in [3.63, 3.8) is 0 Å². The first-order valence-electron chi connectivity index (χ1n) is 8.72. The number of nitrogens with one attached hydrogen (secondary N) is 1. The zero-order valence-corrected chi connectivity index (χ0v) is 16.2. The molecule has 0 fully saturated rings. The zero-order valence-electron chi connectivity index (χ0n) is 15.4. The maximum absolute atomic E-state index is 12.7. The fourth-order valence-electron chi connectivity index (χ4n) is 2.92. The third kappa shape index (κ3) is 4.20. The van der Waals surface area contributed by atoms with Gasteiger partial charge >= 0.3 is 0 Å². The summed E-state index contributed by atoms with van der Waals surface area (Å²) >= 11 is 6.08. The van der Waals surface area contributed by atoms with Gasteiger partial charge in [0.15, 0.2) is 0 Å². The Balaban J connectivity index is 1.81. The second-order valence-corrected chi connectivity index (χ2v) is 7.03. The number of benzene rings is 2. The van der Waals surface area contributed by atoms with E-state index in [1.165, 1.54) is 12.1 Å². The molecule has 0 aliphatic heterocycles. The minimum atomic E-state index is -0.457. The van der Waals surface area contributed by atoms with Gasteiger partial charge < -0.3 is 5.32 Å². The molecule has 1 heterocycles. The van der Waals surface area contributed by atoms with Gasteiger partial charge in [0, 0.05) is 23.7 Å². The van der Waals surface area contributed by atoms with E-state index in [1.807, 2.05) is 26.0 Å². The molecule has 0 bridgehead atoms. The Labute approximate surface area is 167 Å². The predicted molar refractivity (Wildman–Crippen MR) is 107 cm³/mol. The van der Waals surface area contributed by atoms with Gasteiger partial charge in [-0.25, -0.2) is 4.68 Å². The van der Waals surface area contributed by atoms with Gasteiger partial charge in [0.1, 0.15) is 0 Å². The van der Waals surface area contributed by atoms with Crippen molar-refractivity contribution in [3.8, 4) is 5.69 Å². The van der Waals surface area contributed by atoms with E-state index < -0.39 is 4.92 Å². The van der Waals surface area contributed by atoms with Crippen molar-refractivity contribution >= 4 is 23.2 Å². The van der Waals surface area contributed by atoms with Gasteiger partial charge in [0.25, 0.3) is 11.6 Å². The highest BCUT2D eigenvalue weighted by Gasteiger charge is 2.21. The monoisotopic (exact) mass is 398 g/mol. The van der Waals surface area contributed by atoms with E-state index in [0.717, 1.165) is 16.9 Å². The van der Waals surface area contributed by atoms with Crippen LogP contribution < -0.4 is 5.32 Å². The summed E-state index contributed by atoms with van der Waals surface area (Å²) in [5, 5.41) is 18.5. The average Bonchev–Trinajstić information content (AvgIpc) is 3.12. The molecule has 8 heteroatoms. The lowest BCUT2D eigenvalue weighted by Crippen LogP contribution is -2.24. The number of non-ortho nitro benzene ring substituents is 1. The molecule has 0 unspecified atom stereocenters. The van der Waals surface area contributed by atoms with Gasteiger partial charge in [-0.3, -0.25) is 14.9 Å². The number of halogens is 1. The van der Waals surface area contributed by atoms with Crippen LogP contribution in [0.25, 0.3) is 5.69 Å². The predicted octanol–water partition coefficient (Wildman–Crippen LogP) is 4.49. The van der Waals surface area contributed by atoms with Crippen molar-refractivity contribution in [2.24, 2.45) is 0 Å². The van der Waals surface area contributed by atoms with Crippen LogP contribution >= 0.6 is 11.6 Å². The minimum Gasteiger partial charge on any atom is -0.348 e. The molecule has 0 aliphatic rings. The van der Waals surface area contributed by atoms with Crippen molar-refractivity contribution in [2.75, 3.05) is 0 Å². The zero-order chi connectivity index (χ0) is 20.3. The summed E-state index contributed by atoms with van der Waals surface area (Å²) in [4.78, 5) is 23.0. The van der Waals surface area contributed by atoms with Crippen LogP contribution in [-0.4, -0.2) is 20.6 Å². The average molecular weight is 399 g/mol. The first kappa shape index (κ1) is 19.6. The van der Waals surface area contributed by atoms with E-state index in [-0.39, 0.29) is 24.1 Å². The summed E-state index contributed by atoms with van der Waals surface area (Å²) in [6, 6.07) is 13.4. The Morgan fingerprint density at radius 1 is 1.25 bits per heavy atom. The number of amides is 1. The fourth-order valence-corrected chi connectivity index (χ4v) is 3.10. The van der Waals surface area contributed by atoms with Gasteiger partial charge in [-0.2, -0.15) is 5.10 Å². The van der Waals surface area contributed by atoms with E-state index in [2.05, 4.69) is 10.4 Å². The van der Waals surface area contributed by atoms with Crippen LogP contribution in [0.15, 0.2) is 54.7 Å². The molecule has 0 aliphatic carbocycles. The quantitative estimate of drug-likeness (QED) is 0.489. The Morgan fingerprint density at radius 2 is 1.96 bits per heavy atom. The Kier molecular flexibility index (Phi) is 5.75. The van der Waals surface area contributed by atoms with Gasteiger partial charge in [-0.15, -0.1) is 0 Å². The van der Waals surface area contributed by atoms with Crippen LogP contribution in [0.2, 0.25) is 5.02 Å². The molecule has 2 aromatic carbocycles. The number of hydrogen-bond donors (Lipinski definition) is 1. The molecule has 0 atom stereocenters. The van der Waals surface area contributed by atoms with E-state index in [4.69, 9.17) is 11.6 Å². The molecule has 1 N–H and O–H groups in total. The van der Waals surface area contributed by atoms with Crippen LogP contribution in [0.4, 0.5) is 5.69 Å². The smallest absolute Gasteiger partial charge is 0.269 e. The van der Waals surface area contributed by atoms with Crippen molar-refractivity contribution in [3.05, 3.63) is 86.7 Å². The Bertz CT molecular complexity index is 1010. The van der Waals surface area contributed by atoms with Crippen molar-refractivity contribution < 1.29 is 9.72 Å².